The topological polar surface area (TPSA) is 108 Å². The summed E-state index contributed by atoms with van der Waals surface area (Å²) in [4.78, 5) is 43.4. The number of aldehydes is 1. The lowest BCUT2D eigenvalue weighted by atomic mass is 10.5. The fourth-order valence-corrected chi connectivity index (χ4v) is 0.736. The van der Waals surface area contributed by atoms with E-state index >= 15 is 0 Å². The third-order valence-corrected chi connectivity index (χ3v) is 1.57. The summed E-state index contributed by atoms with van der Waals surface area (Å²) in [6, 6.07) is 0. The smallest absolute Gasteiger partial charge is 0.382 e. The second kappa shape index (κ2) is 6.74. The van der Waals surface area contributed by atoms with Gasteiger partial charge < -0.3 is 18.9 Å². The van der Waals surface area contributed by atoms with E-state index in [-0.39, 0.29) is 5.76 Å². The Morgan fingerprint density at radius 2 is 2.05 bits per heavy atom. The first-order valence-corrected chi connectivity index (χ1v) is 4.81. The van der Waals surface area contributed by atoms with Crippen molar-refractivity contribution in [2.24, 2.45) is 0 Å². The molecule has 0 saturated heterocycles. The number of carbonyl (C=O) groups excluding carboxylic acids is 4. The standard InChI is InChI=1S/C11H8O8/c1-2-9(13)19-8(11(15)16-4-3-12)6-18-10(14)7-5-17-7/h2-3,5-6H,1,4H2/b8-6-. The van der Waals surface area contributed by atoms with Crippen molar-refractivity contribution >= 4 is 24.2 Å². The average Bonchev–Trinajstić information content (AvgIpc) is 3.24. The van der Waals surface area contributed by atoms with Crippen molar-refractivity contribution < 1.29 is 38.1 Å². The molecule has 1 rings (SSSR count). The lowest BCUT2D eigenvalue weighted by molar-refractivity contribution is -0.150. The van der Waals surface area contributed by atoms with Gasteiger partial charge >= 0.3 is 17.9 Å². The Morgan fingerprint density at radius 1 is 1.37 bits per heavy atom. The van der Waals surface area contributed by atoms with E-state index in [1.54, 1.807) is 0 Å². The highest BCUT2D eigenvalue weighted by atomic mass is 16.6. The molecule has 8 heteroatoms. The van der Waals surface area contributed by atoms with Crippen LogP contribution < -0.4 is 0 Å². The highest BCUT2D eigenvalue weighted by Crippen LogP contribution is 2.15. The van der Waals surface area contributed by atoms with E-state index in [2.05, 4.69) is 25.5 Å². The van der Waals surface area contributed by atoms with Crippen molar-refractivity contribution in [3.05, 3.63) is 36.7 Å². The van der Waals surface area contributed by atoms with Gasteiger partial charge in [0.25, 0.3) is 5.76 Å². The minimum Gasteiger partial charge on any atom is -0.452 e. The third-order valence-electron chi connectivity index (χ3n) is 1.57. The summed E-state index contributed by atoms with van der Waals surface area (Å²) in [5.41, 5.74) is 0. The van der Waals surface area contributed by atoms with Gasteiger partial charge in [0.2, 0.25) is 5.76 Å². The number of rotatable bonds is 7. The first kappa shape index (κ1) is 14.2. The molecule has 8 nitrogen and oxygen atoms in total. The Bertz CT molecular complexity index is 485. The molecule has 1 heterocycles. The first-order chi connectivity index (χ1) is 9.08. The summed E-state index contributed by atoms with van der Waals surface area (Å²) in [5, 5.41) is 0. The van der Waals surface area contributed by atoms with Crippen molar-refractivity contribution in [2.45, 2.75) is 0 Å². The van der Waals surface area contributed by atoms with Gasteiger partial charge in [0.1, 0.15) is 19.1 Å². The van der Waals surface area contributed by atoms with E-state index in [0.29, 0.717) is 12.5 Å². The molecule has 0 aromatic rings. The fourth-order valence-electron chi connectivity index (χ4n) is 0.736. The maximum Gasteiger partial charge on any atom is 0.382 e. The lowest BCUT2D eigenvalue weighted by Gasteiger charge is -2.05. The number of hydrogen-bond acceptors (Lipinski definition) is 8. The van der Waals surface area contributed by atoms with E-state index < -0.39 is 30.3 Å². The molecule has 0 saturated carbocycles. The van der Waals surface area contributed by atoms with E-state index in [9.17, 15) is 19.2 Å². The van der Waals surface area contributed by atoms with Gasteiger partial charge in [-0.05, 0) is 0 Å². The van der Waals surface area contributed by atoms with Gasteiger partial charge in [0, 0.05) is 6.08 Å². The highest BCUT2D eigenvalue weighted by molar-refractivity contribution is 5.93. The van der Waals surface area contributed by atoms with Gasteiger partial charge in [-0.1, -0.05) is 6.58 Å². The van der Waals surface area contributed by atoms with Gasteiger partial charge in [-0.3, -0.25) is 4.79 Å². The van der Waals surface area contributed by atoms with Crippen molar-refractivity contribution in [1.82, 2.24) is 0 Å². The molecule has 1 aliphatic rings. The normalized spacial score (nSPS) is 12.4. The molecule has 100 valence electrons. The molecular formula is C11H8O8. The maximum atomic E-state index is 11.4. The second-order valence-electron chi connectivity index (χ2n) is 2.88. The Balaban J connectivity index is 2.68. The first-order valence-electron chi connectivity index (χ1n) is 4.81. The van der Waals surface area contributed by atoms with Crippen LogP contribution in [0, 0.1) is 0 Å². The Hall–Kier alpha value is -2.90. The van der Waals surface area contributed by atoms with Crippen molar-refractivity contribution in [3.8, 4) is 0 Å². The lowest BCUT2D eigenvalue weighted by Crippen LogP contribution is -2.15. The van der Waals surface area contributed by atoms with E-state index in [1.807, 2.05) is 0 Å². The molecule has 1 aliphatic heterocycles. The molecule has 0 amide bonds. The monoisotopic (exact) mass is 268 g/mol. The largest absolute Gasteiger partial charge is 0.452 e. The number of carbonyl (C=O) groups is 4. The molecular weight excluding hydrogens is 260 g/mol. The minimum atomic E-state index is -1.15. The Morgan fingerprint density at radius 3 is 2.58 bits per heavy atom. The average molecular weight is 268 g/mol. The zero-order valence-corrected chi connectivity index (χ0v) is 9.49. The van der Waals surface area contributed by atoms with Crippen LogP contribution in [0.3, 0.4) is 0 Å². The third kappa shape index (κ3) is 4.86. The van der Waals surface area contributed by atoms with Crippen LogP contribution in [-0.4, -0.2) is 30.8 Å². The summed E-state index contributed by atoms with van der Waals surface area (Å²) in [6.07, 6.45) is 2.80. The predicted molar refractivity (Wildman–Crippen MR) is 56.7 cm³/mol. The number of hydrogen-bond donors (Lipinski definition) is 0. The minimum absolute atomic E-state index is 0.0492. The second-order valence-corrected chi connectivity index (χ2v) is 2.88. The number of esters is 3. The van der Waals surface area contributed by atoms with Crippen LogP contribution in [0.25, 0.3) is 0 Å². The quantitative estimate of drug-likeness (QED) is 0.204. The fraction of sp³-hybridized carbons (Fsp3) is 0.0909. The van der Waals surface area contributed by atoms with Crippen LogP contribution >= 0.6 is 0 Å². The van der Waals surface area contributed by atoms with Crippen molar-refractivity contribution in [1.29, 1.82) is 0 Å². The Kier molecular flexibility index (Phi) is 5.03. The van der Waals surface area contributed by atoms with Crippen LogP contribution in [0.5, 0.6) is 0 Å². The number of ether oxygens (including phenoxy) is 4. The van der Waals surface area contributed by atoms with Crippen molar-refractivity contribution in [2.75, 3.05) is 6.61 Å². The maximum absolute atomic E-state index is 11.4. The Labute approximate surface area is 106 Å². The van der Waals surface area contributed by atoms with Gasteiger partial charge in [0.05, 0.1) is 0 Å². The van der Waals surface area contributed by atoms with Crippen LogP contribution in [0.2, 0.25) is 0 Å². The van der Waals surface area contributed by atoms with Crippen LogP contribution in [0.4, 0.5) is 0 Å². The summed E-state index contributed by atoms with van der Waals surface area (Å²) >= 11 is 0. The molecule has 0 atom stereocenters. The SMILES string of the molecule is C=CC(=O)O/C(=C\OC(=O)C1=CO1)C(=O)OCC=O. The van der Waals surface area contributed by atoms with Gasteiger partial charge in [-0.2, -0.15) is 0 Å². The van der Waals surface area contributed by atoms with E-state index in [1.165, 1.54) is 0 Å². The summed E-state index contributed by atoms with van der Waals surface area (Å²) in [5.74, 6) is -3.75. The molecule has 0 aromatic heterocycles. The molecule has 0 radical (unpaired) electrons. The molecule has 0 fully saturated rings. The molecule has 0 unspecified atom stereocenters. The molecule has 0 spiro atoms. The van der Waals surface area contributed by atoms with Gasteiger partial charge in [0.15, 0.2) is 6.29 Å². The molecule has 0 aliphatic carbocycles. The molecule has 19 heavy (non-hydrogen) atoms. The zero-order chi connectivity index (χ0) is 14.3. The highest BCUT2D eigenvalue weighted by Gasteiger charge is 2.23. The zero-order valence-electron chi connectivity index (χ0n) is 9.49. The summed E-state index contributed by atoms with van der Waals surface area (Å²) < 4.78 is 17.8. The van der Waals surface area contributed by atoms with Crippen LogP contribution in [0.15, 0.2) is 36.7 Å². The van der Waals surface area contributed by atoms with Gasteiger partial charge in [-0.25, -0.2) is 14.4 Å². The predicted octanol–water partition coefficient (Wildman–Crippen LogP) is -0.286. The van der Waals surface area contributed by atoms with Gasteiger partial charge in [-0.15, -0.1) is 0 Å². The summed E-state index contributed by atoms with van der Waals surface area (Å²) in [7, 11) is 0. The van der Waals surface area contributed by atoms with E-state index in [4.69, 9.17) is 0 Å². The summed E-state index contributed by atoms with van der Waals surface area (Å²) in [6.45, 7) is 2.58. The molecule has 0 aromatic carbocycles. The molecule has 0 bridgehead atoms. The van der Waals surface area contributed by atoms with Crippen LogP contribution in [0.1, 0.15) is 0 Å². The van der Waals surface area contributed by atoms with E-state index in [0.717, 1.165) is 12.3 Å². The van der Waals surface area contributed by atoms with Crippen LogP contribution in [-0.2, 0) is 38.1 Å². The van der Waals surface area contributed by atoms with Crippen molar-refractivity contribution in [3.63, 3.8) is 0 Å². The molecule has 0 N–H and O–H groups in total.